The number of alkyl halides is 2. The van der Waals surface area contributed by atoms with Gasteiger partial charge in [0.05, 0.1) is 24.3 Å². The fourth-order valence-electron chi connectivity index (χ4n) is 2.62. The van der Waals surface area contributed by atoms with Crippen LogP contribution < -0.4 is 4.74 Å². The Morgan fingerprint density at radius 3 is 2.21 bits per heavy atom. The van der Waals surface area contributed by atoms with Gasteiger partial charge in [0.15, 0.2) is 6.79 Å². The number of carbonyl (C=O) groups excluding carboxylic acids is 2. The van der Waals surface area contributed by atoms with Crippen LogP contribution in [0.3, 0.4) is 0 Å². The highest BCUT2D eigenvalue weighted by molar-refractivity contribution is 5.93. The smallest absolute Gasteiger partial charge is 0.341 e. The van der Waals surface area contributed by atoms with Gasteiger partial charge in [-0.05, 0) is 26.0 Å². The zero-order valence-corrected chi connectivity index (χ0v) is 16.7. The van der Waals surface area contributed by atoms with E-state index in [1.54, 1.807) is 13.8 Å². The van der Waals surface area contributed by atoms with Gasteiger partial charge in [0.2, 0.25) is 0 Å². The van der Waals surface area contributed by atoms with Gasteiger partial charge in [0, 0.05) is 38.2 Å². The van der Waals surface area contributed by atoms with Crippen LogP contribution in [0.2, 0.25) is 0 Å². The second kappa shape index (κ2) is 9.51. The maximum atomic E-state index is 14.0. The second-order valence-electron chi connectivity index (χ2n) is 6.05. The first-order valence-corrected chi connectivity index (χ1v) is 8.93. The van der Waals surface area contributed by atoms with Crippen molar-refractivity contribution in [3.05, 3.63) is 47.3 Å². The van der Waals surface area contributed by atoms with Gasteiger partial charge in [-0.2, -0.15) is 0 Å². The van der Waals surface area contributed by atoms with Gasteiger partial charge in [-0.1, -0.05) is 0 Å². The van der Waals surface area contributed by atoms with Crippen LogP contribution in [-0.4, -0.2) is 43.6 Å². The van der Waals surface area contributed by atoms with Gasteiger partial charge in [-0.15, -0.1) is 0 Å². The van der Waals surface area contributed by atoms with Crippen LogP contribution in [0.4, 0.5) is 8.78 Å². The van der Waals surface area contributed by atoms with Gasteiger partial charge in [0.1, 0.15) is 11.3 Å². The topological polar surface area (TPSA) is 76.0 Å². The van der Waals surface area contributed by atoms with Gasteiger partial charge in [0.25, 0.3) is 5.92 Å². The molecule has 0 saturated heterocycles. The normalized spacial score (nSPS) is 11.2. The molecule has 0 radical (unpaired) electrons. The molecule has 9 heteroatoms. The lowest BCUT2D eigenvalue weighted by Crippen LogP contribution is -2.13. The molecule has 0 N–H and O–H groups in total. The van der Waals surface area contributed by atoms with E-state index in [4.69, 9.17) is 18.9 Å². The molecule has 29 heavy (non-hydrogen) atoms. The Labute approximate surface area is 167 Å². The van der Waals surface area contributed by atoms with E-state index < -0.39 is 23.4 Å². The van der Waals surface area contributed by atoms with Gasteiger partial charge in [-0.3, -0.25) is 0 Å². The van der Waals surface area contributed by atoms with Crippen molar-refractivity contribution in [3.8, 4) is 11.4 Å². The molecule has 0 bridgehead atoms. The molecular weight excluding hydrogens is 388 g/mol. The van der Waals surface area contributed by atoms with Crippen LogP contribution in [0.1, 0.15) is 47.1 Å². The monoisotopic (exact) mass is 411 g/mol. The quantitative estimate of drug-likeness (QED) is 0.460. The average molecular weight is 411 g/mol. The van der Waals surface area contributed by atoms with Crippen molar-refractivity contribution in [2.75, 3.05) is 27.1 Å². The van der Waals surface area contributed by atoms with E-state index in [0.29, 0.717) is 12.6 Å². The number of methoxy groups -OCH3 is 1. The number of esters is 2. The Morgan fingerprint density at radius 1 is 1.03 bits per heavy atom. The minimum Gasteiger partial charge on any atom is -0.467 e. The third kappa shape index (κ3) is 5.32. The third-order valence-corrected chi connectivity index (χ3v) is 3.89. The molecule has 0 spiro atoms. The molecule has 7 nitrogen and oxygen atoms in total. The molecule has 1 heterocycles. The lowest BCUT2D eigenvalue weighted by Gasteiger charge is -2.13. The summed E-state index contributed by atoms with van der Waals surface area (Å²) in [7, 11) is 1.42. The van der Waals surface area contributed by atoms with Crippen LogP contribution in [0, 0.1) is 0 Å². The summed E-state index contributed by atoms with van der Waals surface area (Å²) < 4.78 is 49.6. The fourth-order valence-corrected chi connectivity index (χ4v) is 2.62. The lowest BCUT2D eigenvalue weighted by molar-refractivity contribution is 0.0145. The van der Waals surface area contributed by atoms with Crippen LogP contribution in [0.25, 0.3) is 5.69 Å². The van der Waals surface area contributed by atoms with Crippen molar-refractivity contribution in [2.24, 2.45) is 0 Å². The first-order valence-electron chi connectivity index (χ1n) is 8.93. The van der Waals surface area contributed by atoms with E-state index in [1.165, 1.54) is 36.1 Å². The second-order valence-corrected chi connectivity index (χ2v) is 6.05. The van der Waals surface area contributed by atoms with E-state index in [2.05, 4.69) is 0 Å². The minimum absolute atomic E-state index is 0.0575. The first kappa shape index (κ1) is 22.4. The summed E-state index contributed by atoms with van der Waals surface area (Å²) in [4.78, 5) is 24.2. The van der Waals surface area contributed by atoms with E-state index >= 15 is 0 Å². The predicted octanol–water partition coefficient (Wildman–Crippen LogP) is 3.93. The standard InChI is InChI=1S/C20H23F2NO6/c1-5-27-18(24)14-8-7-13(9-17(14)29-12-26-4)23-10-15(19(25)28-6-2)16(11-23)20(3,21)22/h7-11H,5-6,12H2,1-4H3. The number of benzene rings is 1. The Hall–Kier alpha value is -2.94. The van der Waals surface area contributed by atoms with Crippen molar-refractivity contribution in [1.29, 1.82) is 0 Å². The molecule has 0 atom stereocenters. The Bertz CT molecular complexity index is 872. The van der Waals surface area contributed by atoms with E-state index in [1.807, 2.05) is 0 Å². The summed E-state index contributed by atoms with van der Waals surface area (Å²) in [5.41, 5.74) is -0.158. The largest absolute Gasteiger partial charge is 0.467 e. The zero-order valence-electron chi connectivity index (χ0n) is 16.7. The van der Waals surface area contributed by atoms with Crippen LogP contribution in [-0.2, 0) is 20.1 Å². The van der Waals surface area contributed by atoms with E-state index in [9.17, 15) is 18.4 Å². The molecule has 0 aliphatic carbocycles. The number of hydrogen-bond donors (Lipinski definition) is 0. The Morgan fingerprint density at radius 2 is 1.66 bits per heavy atom. The number of ether oxygens (including phenoxy) is 4. The molecule has 2 aromatic rings. The SMILES string of the molecule is CCOC(=O)c1ccc(-n2cc(C(=O)OCC)c(C(C)(F)F)c2)cc1OCOC. The van der Waals surface area contributed by atoms with E-state index in [-0.39, 0.29) is 36.9 Å². The lowest BCUT2D eigenvalue weighted by atomic mass is 10.1. The van der Waals surface area contributed by atoms with Gasteiger partial charge >= 0.3 is 11.9 Å². The molecule has 158 valence electrons. The molecule has 0 unspecified atom stereocenters. The molecule has 1 aromatic heterocycles. The van der Waals surface area contributed by atoms with Crippen LogP contribution in [0.15, 0.2) is 30.6 Å². The van der Waals surface area contributed by atoms with Crippen LogP contribution >= 0.6 is 0 Å². The maximum absolute atomic E-state index is 14.0. The summed E-state index contributed by atoms with van der Waals surface area (Å²) in [6, 6.07) is 4.45. The number of carbonyl (C=O) groups is 2. The number of aromatic nitrogens is 1. The summed E-state index contributed by atoms with van der Waals surface area (Å²) in [6.07, 6.45) is 2.40. The number of hydrogen-bond acceptors (Lipinski definition) is 6. The predicted molar refractivity (Wildman–Crippen MR) is 99.8 cm³/mol. The van der Waals surface area contributed by atoms with Crippen molar-refractivity contribution in [1.82, 2.24) is 4.57 Å². The highest BCUT2D eigenvalue weighted by atomic mass is 19.3. The molecule has 0 saturated carbocycles. The molecule has 1 aromatic carbocycles. The molecule has 0 aliphatic heterocycles. The highest BCUT2D eigenvalue weighted by Crippen LogP contribution is 2.33. The molecule has 2 rings (SSSR count). The van der Waals surface area contributed by atoms with Crippen molar-refractivity contribution in [2.45, 2.75) is 26.7 Å². The Balaban J connectivity index is 2.53. The van der Waals surface area contributed by atoms with Gasteiger partial charge in [-0.25, -0.2) is 18.4 Å². The number of nitrogens with zero attached hydrogens (tertiary/aromatic N) is 1. The summed E-state index contributed by atoms with van der Waals surface area (Å²) >= 11 is 0. The molecule has 0 amide bonds. The van der Waals surface area contributed by atoms with Crippen molar-refractivity contribution >= 4 is 11.9 Å². The van der Waals surface area contributed by atoms with Crippen molar-refractivity contribution < 1.29 is 37.3 Å². The highest BCUT2D eigenvalue weighted by Gasteiger charge is 2.33. The molecule has 0 aliphatic rings. The molecular formula is C20H23F2NO6. The average Bonchev–Trinajstić information content (AvgIpc) is 3.12. The summed E-state index contributed by atoms with van der Waals surface area (Å²) in [5.74, 6) is -4.54. The minimum atomic E-state index is -3.26. The molecule has 0 fully saturated rings. The summed E-state index contributed by atoms with van der Waals surface area (Å²) in [5, 5.41) is 0. The third-order valence-electron chi connectivity index (χ3n) is 3.89. The van der Waals surface area contributed by atoms with Gasteiger partial charge < -0.3 is 23.5 Å². The van der Waals surface area contributed by atoms with Crippen LogP contribution in [0.5, 0.6) is 5.75 Å². The Kier molecular flexibility index (Phi) is 7.33. The number of halogens is 2. The zero-order chi connectivity index (χ0) is 21.6. The summed E-state index contributed by atoms with van der Waals surface area (Å²) in [6.45, 7) is 4.07. The first-order chi connectivity index (χ1) is 13.7. The van der Waals surface area contributed by atoms with E-state index in [0.717, 1.165) is 6.20 Å². The number of rotatable bonds is 9. The van der Waals surface area contributed by atoms with Crippen molar-refractivity contribution in [3.63, 3.8) is 0 Å². The maximum Gasteiger partial charge on any atom is 0.341 e. The fraction of sp³-hybridized carbons (Fsp3) is 0.400.